The van der Waals surface area contributed by atoms with Gasteiger partial charge in [-0.1, -0.05) is 24.4 Å². The van der Waals surface area contributed by atoms with Gasteiger partial charge < -0.3 is 15.8 Å². The monoisotopic (exact) mass is 239 g/mol. The van der Waals surface area contributed by atoms with Gasteiger partial charge in [0, 0.05) is 13.1 Å². The van der Waals surface area contributed by atoms with Gasteiger partial charge in [-0.3, -0.25) is 4.79 Å². The van der Waals surface area contributed by atoms with Crippen molar-refractivity contribution < 1.29 is 10.0 Å². The number of likely N-dealkylation sites (tertiary alicyclic amines) is 1. The lowest BCUT2D eigenvalue weighted by Crippen LogP contribution is -2.45. The van der Waals surface area contributed by atoms with Gasteiger partial charge in [-0.15, -0.1) is 0 Å². The van der Waals surface area contributed by atoms with Crippen LogP contribution in [0.1, 0.15) is 38.5 Å². The zero-order valence-electron chi connectivity index (χ0n) is 10.1. The Bertz CT molecular complexity index is 317. The Balaban J connectivity index is 1.88. The first-order valence-corrected chi connectivity index (χ1v) is 6.45. The van der Waals surface area contributed by atoms with E-state index in [9.17, 15) is 4.79 Å². The summed E-state index contributed by atoms with van der Waals surface area (Å²) in [6, 6.07) is 0. The van der Waals surface area contributed by atoms with E-state index in [0.29, 0.717) is 5.92 Å². The summed E-state index contributed by atoms with van der Waals surface area (Å²) in [5.41, 5.74) is 5.36. The molecule has 5 heteroatoms. The summed E-state index contributed by atoms with van der Waals surface area (Å²) in [6.45, 7) is 1.70. The maximum atomic E-state index is 11.9. The normalized spacial score (nSPS) is 29.9. The van der Waals surface area contributed by atoms with Crippen molar-refractivity contribution in [2.45, 2.75) is 38.5 Å². The number of fused-ring (bicyclic) bond motifs is 1. The number of carbonyl (C=O) groups is 1. The summed E-state index contributed by atoms with van der Waals surface area (Å²) >= 11 is 0. The van der Waals surface area contributed by atoms with Crippen LogP contribution in [0.3, 0.4) is 0 Å². The first-order valence-electron chi connectivity index (χ1n) is 6.45. The number of nitrogens with zero attached hydrogens (tertiary/aromatic N) is 2. The van der Waals surface area contributed by atoms with Crippen LogP contribution in [-0.2, 0) is 4.79 Å². The van der Waals surface area contributed by atoms with Crippen LogP contribution in [0.15, 0.2) is 5.16 Å². The lowest BCUT2D eigenvalue weighted by molar-refractivity contribution is -0.133. The maximum absolute atomic E-state index is 11.9. The molecule has 3 N–H and O–H groups in total. The van der Waals surface area contributed by atoms with Crippen molar-refractivity contribution >= 4 is 11.7 Å². The molecule has 0 spiro atoms. The third-order valence-corrected chi connectivity index (χ3v) is 4.10. The molecule has 1 saturated carbocycles. The highest BCUT2D eigenvalue weighted by molar-refractivity contribution is 5.98. The van der Waals surface area contributed by atoms with E-state index in [4.69, 9.17) is 10.9 Å². The SMILES string of the molecule is N/C(CC(=O)N1CCC2CCCCC2C1)=N\O. The standard InChI is InChI=1S/C12H21N3O2/c13-11(14-17)7-12(16)15-6-5-9-3-1-2-4-10(9)8-15/h9-10,17H,1-8H2,(H2,13,14). The highest BCUT2D eigenvalue weighted by Gasteiger charge is 2.32. The molecular weight excluding hydrogens is 218 g/mol. The quantitative estimate of drug-likeness (QED) is 0.328. The van der Waals surface area contributed by atoms with Crippen molar-refractivity contribution in [2.24, 2.45) is 22.7 Å². The van der Waals surface area contributed by atoms with Crippen LogP contribution < -0.4 is 5.73 Å². The summed E-state index contributed by atoms with van der Waals surface area (Å²) in [7, 11) is 0. The summed E-state index contributed by atoms with van der Waals surface area (Å²) in [4.78, 5) is 13.8. The molecule has 1 aliphatic carbocycles. The smallest absolute Gasteiger partial charge is 0.230 e. The minimum atomic E-state index is -0.00989. The first kappa shape index (κ1) is 12.2. The Hall–Kier alpha value is -1.26. The fraction of sp³-hybridized carbons (Fsp3) is 0.833. The van der Waals surface area contributed by atoms with Gasteiger partial charge in [-0.2, -0.15) is 0 Å². The number of hydrogen-bond donors (Lipinski definition) is 2. The van der Waals surface area contributed by atoms with E-state index in [-0.39, 0.29) is 18.2 Å². The van der Waals surface area contributed by atoms with E-state index in [0.717, 1.165) is 25.4 Å². The highest BCUT2D eigenvalue weighted by Crippen LogP contribution is 2.36. The Morgan fingerprint density at radius 1 is 1.29 bits per heavy atom. The second-order valence-corrected chi connectivity index (χ2v) is 5.20. The van der Waals surface area contributed by atoms with Gasteiger partial charge in [-0.05, 0) is 24.7 Å². The molecule has 0 aromatic heterocycles. The van der Waals surface area contributed by atoms with Crippen LogP contribution in [0.5, 0.6) is 0 Å². The topological polar surface area (TPSA) is 78.9 Å². The summed E-state index contributed by atoms with van der Waals surface area (Å²) in [5, 5.41) is 11.3. The van der Waals surface area contributed by atoms with Crippen LogP contribution in [0.4, 0.5) is 0 Å². The Morgan fingerprint density at radius 3 is 2.71 bits per heavy atom. The molecule has 2 fully saturated rings. The lowest BCUT2D eigenvalue weighted by atomic mass is 9.75. The Kier molecular flexibility index (Phi) is 3.86. The first-order chi connectivity index (χ1) is 8.20. The van der Waals surface area contributed by atoms with Crippen LogP contribution in [-0.4, -0.2) is 34.9 Å². The van der Waals surface area contributed by atoms with E-state index >= 15 is 0 Å². The van der Waals surface area contributed by atoms with E-state index in [2.05, 4.69) is 5.16 Å². The van der Waals surface area contributed by atoms with Gasteiger partial charge >= 0.3 is 0 Å². The van der Waals surface area contributed by atoms with E-state index < -0.39 is 0 Å². The number of piperidine rings is 1. The van der Waals surface area contributed by atoms with Crippen molar-refractivity contribution in [3.05, 3.63) is 0 Å². The van der Waals surface area contributed by atoms with Crippen molar-refractivity contribution in [3.8, 4) is 0 Å². The highest BCUT2D eigenvalue weighted by atomic mass is 16.4. The molecule has 5 nitrogen and oxygen atoms in total. The molecule has 2 aliphatic rings. The van der Waals surface area contributed by atoms with Crippen molar-refractivity contribution in [1.82, 2.24) is 4.90 Å². The maximum Gasteiger partial charge on any atom is 0.230 e. The average molecular weight is 239 g/mol. The minimum Gasteiger partial charge on any atom is -0.409 e. The third-order valence-electron chi connectivity index (χ3n) is 4.10. The van der Waals surface area contributed by atoms with Crippen LogP contribution in [0, 0.1) is 11.8 Å². The Morgan fingerprint density at radius 2 is 2.00 bits per heavy atom. The second kappa shape index (κ2) is 5.38. The van der Waals surface area contributed by atoms with Crippen LogP contribution in [0.2, 0.25) is 0 Å². The zero-order chi connectivity index (χ0) is 12.3. The molecule has 17 heavy (non-hydrogen) atoms. The van der Waals surface area contributed by atoms with Gasteiger partial charge in [0.05, 0.1) is 6.42 Å². The molecule has 2 rings (SSSR count). The molecule has 1 heterocycles. The predicted molar refractivity (Wildman–Crippen MR) is 64.7 cm³/mol. The zero-order valence-corrected chi connectivity index (χ0v) is 10.1. The van der Waals surface area contributed by atoms with Crippen LogP contribution in [0.25, 0.3) is 0 Å². The number of carbonyl (C=O) groups excluding carboxylic acids is 1. The number of nitrogens with two attached hydrogens (primary N) is 1. The fourth-order valence-corrected chi connectivity index (χ4v) is 3.13. The lowest BCUT2D eigenvalue weighted by Gasteiger charge is -2.41. The van der Waals surface area contributed by atoms with Crippen LogP contribution >= 0.6 is 0 Å². The number of oxime groups is 1. The van der Waals surface area contributed by atoms with Crippen molar-refractivity contribution in [2.75, 3.05) is 13.1 Å². The molecule has 0 bridgehead atoms. The average Bonchev–Trinajstić information content (AvgIpc) is 2.38. The molecule has 0 aromatic rings. The summed E-state index contributed by atoms with van der Waals surface area (Å²) < 4.78 is 0. The molecule has 1 aliphatic heterocycles. The van der Waals surface area contributed by atoms with Crippen molar-refractivity contribution in [3.63, 3.8) is 0 Å². The number of amidine groups is 1. The molecule has 1 amide bonds. The third kappa shape index (κ3) is 2.90. The fourth-order valence-electron chi connectivity index (χ4n) is 3.13. The summed E-state index contributed by atoms with van der Waals surface area (Å²) in [6.07, 6.45) is 6.37. The number of rotatable bonds is 2. The van der Waals surface area contributed by atoms with Gasteiger partial charge in [0.1, 0.15) is 5.84 Å². The largest absolute Gasteiger partial charge is 0.409 e. The molecule has 0 radical (unpaired) electrons. The minimum absolute atomic E-state index is 0.000711. The molecular formula is C12H21N3O2. The van der Waals surface area contributed by atoms with Crippen molar-refractivity contribution in [1.29, 1.82) is 0 Å². The Labute approximate surface area is 102 Å². The number of amides is 1. The van der Waals surface area contributed by atoms with E-state index in [1.807, 2.05) is 4.90 Å². The van der Waals surface area contributed by atoms with E-state index in [1.165, 1.54) is 25.7 Å². The van der Waals surface area contributed by atoms with E-state index in [1.54, 1.807) is 0 Å². The molecule has 0 aromatic carbocycles. The molecule has 1 saturated heterocycles. The molecule has 96 valence electrons. The van der Waals surface area contributed by atoms with Gasteiger partial charge in [0.25, 0.3) is 0 Å². The second-order valence-electron chi connectivity index (χ2n) is 5.20. The molecule has 2 atom stereocenters. The van der Waals surface area contributed by atoms with Gasteiger partial charge in [0.15, 0.2) is 0 Å². The summed E-state index contributed by atoms with van der Waals surface area (Å²) in [5.74, 6) is 1.48. The predicted octanol–water partition coefficient (Wildman–Crippen LogP) is 1.16. The molecule has 2 unspecified atom stereocenters. The van der Waals surface area contributed by atoms with Gasteiger partial charge in [-0.25, -0.2) is 0 Å². The van der Waals surface area contributed by atoms with Gasteiger partial charge in [0.2, 0.25) is 5.91 Å². The number of hydrogen-bond acceptors (Lipinski definition) is 3.